The quantitative estimate of drug-likeness (QED) is 0.878. The van der Waals surface area contributed by atoms with Crippen LogP contribution in [0.4, 0.5) is 0 Å². The minimum atomic E-state index is -3.31. The maximum absolute atomic E-state index is 12.1. The Balaban J connectivity index is 1.96. The zero-order chi connectivity index (χ0) is 14.0. The molecule has 1 aliphatic rings. The Labute approximate surface area is 125 Å². The number of halogens is 1. The number of nitrogens with one attached hydrogen (secondary N) is 1. The van der Waals surface area contributed by atoms with Crippen molar-refractivity contribution in [2.45, 2.75) is 25.4 Å². The number of thiophene rings is 1. The van der Waals surface area contributed by atoms with Crippen LogP contribution in [0.15, 0.2) is 15.9 Å². The van der Waals surface area contributed by atoms with Gasteiger partial charge in [0, 0.05) is 11.4 Å². The summed E-state index contributed by atoms with van der Waals surface area (Å²) in [6, 6.07) is 3.29. The van der Waals surface area contributed by atoms with Crippen LogP contribution in [0, 0.1) is 0 Å². The molecule has 2 rings (SSSR count). The summed E-state index contributed by atoms with van der Waals surface area (Å²) >= 11 is 4.91. The van der Waals surface area contributed by atoms with Gasteiger partial charge < -0.3 is 5.32 Å². The second-order valence-corrected chi connectivity index (χ2v) is 8.94. The summed E-state index contributed by atoms with van der Waals surface area (Å²) in [4.78, 5) is 13.1. The monoisotopic (exact) mass is 366 g/mol. The van der Waals surface area contributed by atoms with E-state index in [0.717, 1.165) is 21.3 Å². The van der Waals surface area contributed by atoms with Crippen LogP contribution in [0.5, 0.6) is 0 Å². The predicted molar refractivity (Wildman–Crippen MR) is 78.4 cm³/mol. The van der Waals surface area contributed by atoms with E-state index in [9.17, 15) is 13.2 Å². The van der Waals surface area contributed by atoms with Gasteiger partial charge in [-0.25, -0.2) is 8.42 Å². The van der Waals surface area contributed by atoms with Gasteiger partial charge >= 0.3 is 0 Å². The average molecular weight is 367 g/mol. The summed E-state index contributed by atoms with van der Waals surface area (Å²) in [5.74, 6) is -0.215. The molecule has 0 saturated carbocycles. The molecular weight excluding hydrogens is 352 g/mol. The third-order valence-electron chi connectivity index (χ3n) is 3.00. The molecule has 106 valence electrons. The molecule has 1 atom stereocenters. The number of carbonyl (C=O) groups is 1. The van der Waals surface area contributed by atoms with E-state index < -0.39 is 16.1 Å². The largest absolute Gasteiger partial charge is 0.350 e. The third-order valence-corrected chi connectivity index (χ3v) is 5.91. The SMILES string of the molecule is CS(=O)(=O)N1CCCC1C(=O)NCc1ccc(Br)s1. The molecule has 8 heteroatoms. The molecule has 2 heterocycles. The van der Waals surface area contributed by atoms with E-state index in [-0.39, 0.29) is 5.91 Å². The van der Waals surface area contributed by atoms with Crippen molar-refractivity contribution < 1.29 is 13.2 Å². The lowest BCUT2D eigenvalue weighted by atomic mass is 10.2. The van der Waals surface area contributed by atoms with E-state index in [2.05, 4.69) is 21.2 Å². The number of nitrogens with zero attached hydrogens (tertiary/aromatic N) is 1. The lowest BCUT2D eigenvalue weighted by molar-refractivity contribution is -0.124. The van der Waals surface area contributed by atoms with E-state index in [1.54, 1.807) is 11.3 Å². The Morgan fingerprint density at radius 1 is 1.58 bits per heavy atom. The Hall–Kier alpha value is -0.440. The summed E-state index contributed by atoms with van der Waals surface area (Å²) < 4.78 is 25.4. The first-order valence-electron chi connectivity index (χ1n) is 5.86. The Kier molecular flexibility index (Phi) is 4.65. The Bertz CT molecular complexity index is 570. The van der Waals surface area contributed by atoms with E-state index >= 15 is 0 Å². The van der Waals surface area contributed by atoms with Gasteiger partial charge in [0.1, 0.15) is 6.04 Å². The van der Waals surface area contributed by atoms with Crippen LogP contribution in [0.3, 0.4) is 0 Å². The molecule has 1 amide bonds. The fraction of sp³-hybridized carbons (Fsp3) is 0.545. The predicted octanol–water partition coefficient (Wildman–Crippen LogP) is 1.55. The fourth-order valence-electron chi connectivity index (χ4n) is 2.14. The third kappa shape index (κ3) is 3.77. The van der Waals surface area contributed by atoms with Crippen LogP contribution < -0.4 is 5.32 Å². The molecule has 0 aromatic carbocycles. The highest BCUT2D eigenvalue weighted by Crippen LogP contribution is 2.23. The molecule has 0 spiro atoms. The first kappa shape index (κ1) is 15.0. The molecule has 1 unspecified atom stereocenters. The van der Waals surface area contributed by atoms with Crippen molar-refractivity contribution in [3.05, 3.63) is 20.8 Å². The Morgan fingerprint density at radius 2 is 2.32 bits per heavy atom. The van der Waals surface area contributed by atoms with Gasteiger partial charge in [-0.05, 0) is 40.9 Å². The fourth-order valence-corrected chi connectivity index (χ4v) is 4.68. The standard InChI is InChI=1S/C11H15BrN2O3S2/c1-19(16,17)14-6-2-3-9(14)11(15)13-7-8-4-5-10(12)18-8/h4-5,9H,2-3,6-7H2,1H3,(H,13,15). The van der Waals surface area contributed by atoms with Gasteiger partial charge in [-0.1, -0.05) is 0 Å². The first-order valence-corrected chi connectivity index (χ1v) is 9.32. The molecule has 0 bridgehead atoms. The average Bonchev–Trinajstić information content (AvgIpc) is 2.93. The molecule has 19 heavy (non-hydrogen) atoms. The van der Waals surface area contributed by atoms with Gasteiger partial charge in [0.05, 0.1) is 16.6 Å². The molecule has 1 aromatic rings. The molecule has 0 radical (unpaired) electrons. The highest BCUT2D eigenvalue weighted by molar-refractivity contribution is 9.11. The maximum atomic E-state index is 12.1. The second kappa shape index (κ2) is 5.90. The number of hydrogen-bond acceptors (Lipinski definition) is 4. The molecule has 1 N–H and O–H groups in total. The molecule has 5 nitrogen and oxygen atoms in total. The number of amides is 1. The highest BCUT2D eigenvalue weighted by atomic mass is 79.9. The van der Waals surface area contributed by atoms with E-state index in [0.29, 0.717) is 19.5 Å². The lowest BCUT2D eigenvalue weighted by Crippen LogP contribution is -2.45. The van der Waals surface area contributed by atoms with Gasteiger partial charge in [-0.15, -0.1) is 11.3 Å². The topological polar surface area (TPSA) is 66.5 Å². The first-order chi connectivity index (χ1) is 8.88. The maximum Gasteiger partial charge on any atom is 0.238 e. The molecule has 0 aliphatic carbocycles. The van der Waals surface area contributed by atoms with Crippen molar-refractivity contribution in [1.29, 1.82) is 0 Å². The zero-order valence-electron chi connectivity index (χ0n) is 10.4. The number of sulfonamides is 1. The van der Waals surface area contributed by atoms with Crippen molar-refractivity contribution in [1.82, 2.24) is 9.62 Å². The normalized spacial score (nSPS) is 20.6. The minimum absolute atomic E-state index is 0.215. The summed E-state index contributed by atoms with van der Waals surface area (Å²) in [6.07, 6.45) is 2.47. The van der Waals surface area contributed by atoms with Gasteiger partial charge in [0.2, 0.25) is 15.9 Å². The van der Waals surface area contributed by atoms with Crippen LogP contribution in [0.2, 0.25) is 0 Å². The van der Waals surface area contributed by atoms with Crippen LogP contribution in [0.1, 0.15) is 17.7 Å². The summed E-state index contributed by atoms with van der Waals surface area (Å²) in [7, 11) is -3.31. The minimum Gasteiger partial charge on any atom is -0.350 e. The van der Waals surface area contributed by atoms with Crippen LogP contribution in [-0.4, -0.2) is 37.5 Å². The van der Waals surface area contributed by atoms with Crippen molar-refractivity contribution in [2.75, 3.05) is 12.8 Å². The number of carbonyl (C=O) groups excluding carboxylic acids is 1. The van der Waals surface area contributed by atoms with Crippen LogP contribution in [0.25, 0.3) is 0 Å². The van der Waals surface area contributed by atoms with Crippen molar-refractivity contribution in [2.24, 2.45) is 0 Å². The second-order valence-electron chi connectivity index (χ2n) is 4.46. The number of hydrogen-bond donors (Lipinski definition) is 1. The van der Waals surface area contributed by atoms with Gasteiger partial charge in [0.15, 0.2) is 0 Å². The lowest BCUT2D eigenvalue weighted by Gasteiger charge is -2.21. The van der Waals surface area contributed by atoms with E-state index in [4.69, 9.17) is 0 Å². The smallest absolute Gasteiger partial charge is 0.238 e. The summed E-state index contributed by atoms with van der Waals surface area (Å²) in [5.41, 5.74) is 0. The summed E-state index contributed by atoms with van der Waals surface area (Å²) in [5, 5.41) is 2.80. The summed E-state index contributed by atoms with van der Waals surface area (Å²) in [6.45, 7) is 0.866. The van der Waals surface area contributed by atoms with Crippen LogP contribution in [-0.2, 0) is 21.4 Å². The zero-order valence-corrected chi connectivity index (χ0v) is 13.6. The molecular formula is C11H15BrN2O3S2. The molecule has 1 aromatic heterocycles. The van der Waals surface area contributed by atoms with Gasteiger partial charge in [0.25, 0.3) is 0 Å². The van der Waals surface area contributed by atoms with Crippen molar-refractivity contribution in [3.63, 3.8) is 0 Å². The van der Waals surface area contributed by atoms with Gasteiger partial charge in [-0.2, -0.15) is 4.31 Å². The van der Waals surface area contributed by atoms with E-state index in [1.807, 2.05) is 12.1 Å². The van der Waals surface area contributed by atoms with Crippen molar-refractivity contribution >= 4 is 43.2 Å². The van der Waals surface area contributed by atoms with Crippen LogP contribution >= 0.6 is 27.3 Å². The van der Waals surface area contributed by atoms with E-state index in [1.165, 1.54) is 4.31 Å². The highest BCUT2D eigenvalue weighted by Gasteiger charge is 2.36. The Morgan fingerprint density at radius 3 is 2.89 bits per heavy atom. The van der Waals surface area contributed by atoms with Crippen molar-refractivity contribution in [3.8, 4) is 0 Å². The molecule has 1 saturated heterocycles. The molecule has 1 fully saturated rings. The molecule has 1 aliphatic heterocycles. The van der Waals surface area contributed by atoms with Gasteiger partial charge in [-0.3, -0.25) is 4.79 Å². The number of rotatable bonds is 4.